The predicted octanol–water partition coefficient (Wildman–Crippen LogP) is 0.931. The SMILES string of the molecule is CC(C)COc1ccc(C(=O)N2CCC3(CC2)NC(=O)NC3=O)cn1. The molecule has 134 valence electrons. The van der Waals surface area contributed by atoms with Crippen LogP contribution in [0.1, 0.15) is 37.0 Å². The first-order chi connectivity index (χ1) is 11.9. The van der Waals surface area contributed by atoms with Gasteiger partial charge < -0.3 is 15.0 Å². The molecule has 0 aromatic carbocycles. The van der Waals surface area contributed by atoms with Crippen molar-refractivity contribution >= 4 is 17.8 Å². The monoisotopic (exact) mass is 346 g/mol. The molecule has 8 heteroatoms. The van der Waals surface area contributed by atoms with Crippen LogP contribution in [0.4, 0.5) is 4.79 Å². The Morgan fingerprint density at radius 2 is 2.04 bits per heavy atom. The van der Waals surface area contributed by atoms with Gasteiger partial charge in [0.05, 0.1) is 12.2 Å². The van der Waals surface area contributed by atoms with Crippen LogP contribution in [0.15, 0.2) is 18.3 Å². The molecule has 3 heterocycles. The second-order valence-corrected chi connectivity index (χ2v) is 6.87. The van der Waals surface area contributed by atoms with Crippen LogP contribution < -0.4 is 15.4 Å². The van der Waals surface area contributed by atoms with Gasteiger partial charge in [0.2, 0.25) is 5.88 Å². The number of imide groups is 1. The van der Waals surface area contributed by atoms with Crippen molar-refractivity contribution in [2.24, 2.45) is 5.92 Å². The zero-order chi connectivity index (χ0) is 18.0. The lowest BCUT2D eigenvalue weighted by molar-refractivity contribution is -0.125. The zero-order valence-electron chi connectivity index (χ0n) is 14.4. The summed E-state index contributed by atoms with van der Waals surface area (Å²) in [6.07, 6.45) is 2.31. The lowest BCUT2D eigenvalue weighted by Gasteiger charge is -2.36. The van der Waals surface area contributed by atoms with Crippen LogP contribution in [-0.4, -0.2) is 53.0 Å². The summed E-state index contributed by atoms with van der Waals surface area (Å²) in [5, 5.41) is 4.95. The van der Waals surface area contributed by atoms with E-state index in [1.54, 1.807) is 17.0 Å². The van der Waals surface area contributed by atoms with E-state index in [-0.39, 0.29) is 11.8 Å². The summed E-state index contributed by atoms with van der Waals surface area (Å²) in [4.78, 5) is 41.7. The smallest absolute Gasteiger partial charge is 0.322 e. The van der Waals surface area contributed by atoms with Gasteiger partial charge in [-0.3, -0.25) is 14.9 Å². The van der Waals surface area contributed by atoms with Crippen molar-refractivity contribution in [1.29, 1.82) is 0 Å². The number of rotatable bonds is 4. The fourth-order valence-electron chi connectivity index (χ4n) is 3.00. The second-order valence-electron chi connectivity index (χ2n) is 6.87. The third-order valence-electron chi connectivity index (χ3n) is 4.47. The number of urea groups is 1. The third-order valence-corrected chi connectivity index (χ3v) is 4.47. The second kappa shape index (κ2) is 6.70. The Bertz CT molecular complexity index is 678. The molecule has 1 spiro atoms. The van der Waals surface area contributed by atoms with Gasteiger partial charge in [0.25, 0.3) is 11.8 Å². The van der Waals surface area contributed by atoms with Gasteiger partial charge >= 0.3 is 6.03 Å². The highest BCUT2D eigenvalue weighted by Crippen LogP contribution is 2.26. The molecule has 0 saturated carbocycles. The molecule has 2 saturated heterocycles. The first-order valence-corrected chi connectivity index (χ1v) is 8.41. The van der Waals surface area contributed by atoms with Crippen molar-refractivity contribution in [1.82, 2.24) is 20.5 Å². The normalized spacial score (nSPS) is 19.1. The Kier molecular flexibility index (Phi) is 4.61. The summed E-state index contributed by atoms with van der Waals surface area (Å²) in [6, 6.07) is 2.91. The number of nitrogens with zero attached hydrogens (tertiary/aromatic N) is 2. The molecule has 0 aliphatic carbocycles. The number of likely N-dealkylation sites (tertiary alicyclic amines) is 1. The number of aromatic nitrogens is 1. The van der Waals surface area contributed by atoms with Gasteiger partial charge in [-0.15, -0.1) is 0 Å². The fourth-order valence-corrected chi connectivity index (χ4v) is 3.00. The summed E-state index contributed by atoms with van der Waals surface area (Å²) in [5.41, 5.74) is -0.395. The molecule has 8 nitrogen and oxygen atoms in total. The molecule has 2 N–H and O–H groups in total. The highest BCUT2D eigenvalue weighted by atomic mass is 16.5. The maximum Gasteiger partial charge on any atom is 0.322 e. The van der Waals surface area contributed by atoms with Crippen LogP contribution >= 0.6 is 0 Å². The molecule has 2 fully saturated rings. The first kappa shape index (κ1) is 17.2. The van der Waals surface area contributed by atoms with Gasteiger partial charge in [0.15, 0.2) is 0 Å². The summed E-state index contributed by atoms with van der Waals surface area (Å²) in [5.74, 6) is 0.450. The number of hydrogen-bond donors (Lipinski definition) is 2. The average molecular weight is 346 g/mol. The molecule has 2 aliphatic heterocycles. The van der Waals surface area contributed by atoms with E-state index in [1.807, 2.05) is 13.8 Å². The lowest BCUT2D eigenvalue weighted by atomic mass is 9.87. The summed E-state index contributed by atoms with van der Waals surface area (Å²) in [7, 11) is 0. The van der Waals surface area contributed by atoms with Crippen molar-refractivity contribution in [2.75, 3.05) is 19.7 Å². The predicted molar refractivity (Wildman–Crippen MR) is 89.1 cm³/mol. The minimum Gasteiger partial charge on any atom is -0.477 e. The van der Waals surface area contributed by atoms with Crippen LogP contribution in [0.2, 0.25) is 0 Å². The molecule has 2 aliphatic rings. The number of carbonyl (C=O) groups is 3. The number of pyridine rings is 1. The van der Waals surface area contributed by atoms with Crippen molar-refractivity contribution in [2.45, 2.75) is 32.2 Å². The van der Waals surface area contributed by atoms with Gasteiger partial charge in [0.1, 0.15) is 5.54 Å². The highest BCUT2D eigenvalue weighted by Gasteiger charge is 2.48. The van der Waals surface area contributed by atoms with Crippen molar-refractivity contribution < 1.29 is 19.1 Å². The van der Waals surface area contributed by atoms with Gasteiger partial charge in [-0.2, -0.15) is 0 Å². The van der Waals surface area contributed by atoms with E-state index in [0.717, 1.165) is 0 Å². The van der Waals surface area contributed by atoms with Crippen LogP contribution in [-0.2, 0) is 4.79 Å². The van der Waals surface area contributed by atoms with Crippen LogP contribution in [0.5, 0.6) is 5.88 Å². The van der Waals surface area contributed by atoms with Gasteiger partial charge in [-0.05, 0) is 24.8 Å². The lowest BCUT2D eigenvalue weighted by Crippen LogP contribution is -2.55. The van der Waals surface area contributed by atoms with E-state index in [2.05, 4.69) is 15.6 Å². The largest absolute Gasteiger partial charge is 0.477 e. The third kappa shape index (κ3) is 3.57. The summed E-state index contributed by atoms with van der Waals surface area (Å²) < 4.78 is 5.51. The Morgan fingerprint density at radius 3 is 2.56 bits per heavy atom. The summed E-state index contributed by atoms with van der Waals surface area (Å²) >= 11 is 0. The Hall–Kier alpha value is -2.64. The summed E-state index contributed by atoms with van der Waals surface area (Å²) in [6.45, 7) is 5.47. The van der Waals surface area contributed by atoms with Gasteiger partial charge in [-0.25, -0.2) is 9.78 Å². The maximum absolute atomic E-state index is 12.6. The molecule has 0 atom stereocenters. The van der Waals surface area contributed by atoms with Crippen molar-refractivity contribution in [3.8, 4) is 5.88 Å². The molecule has 25 heavy (non-hydrogen) atoms. The molecule has 4 amide bonds. The van der Waals surface area contributed by atoms with E-state index in [0.29, 0.717) is 49.9 Å². The number of hydrogen-bond acceptors (Lipinski definition) is 5. The molecular formula is C17H22N4O4. The van der Waals surface area contributed by atoms with Gasteiger partial charge in [-0.1, -0.05) is 13.8 Å². The Morgan fingerprint density at radius 1 is 1.32 bits per heavy atom. The topological polar surface area (TPSA) is 101 Å². The van der Waals surface area contributed by atoms with Crippen LogP contribution in [0, 0.1) is 5.92 Å². The zero-order valence-corrected chi connectivity index (χ0v) is 14.4. The molecular weight excluding hydrogens is 324 g/mol. The van der Waals surface area contributed by atoms with Crippen molar-refractivity contribution in [3.63, 3.8) is 0 Å². The minimum atomic E-state index is -0.874. The maximum atomic E-state index is 12.6. The molecule has 1 aromatic rings. The first-order valence-electron chi connectivity index (χ1n) is 8.41. The van der Waals surface area contributed by atoms with E-state index < -0.39 is 11.6 Å². The quantitative estimate of drug-likeness (QED) is 0.790. The van der Waals surface area contributed by atoms with Crippen molar-refractivity contribution in [3.05, 3.63) is 23.9 Å². The molecule has 0 bridgehead atoms. The standard InChI is InChI=1S/C17H22N4O4/c1-11(2)10-25-13-4-3-12(9-18-13)14(22)21-7-5-17(6-8-21)15(23)19-16(24)20-17/h3-4,9,11H,5-8,10H2,1-2H3,(H2,19,20,23,24). The van der Waals surface area contributed by atoms with Crippen LogP contribution in [0.25, 0.3) is 0 Å². The molecule has 0 radical (unpaired) electrons. The highest BCUT2D eigenvalue weighted by molar-refractivity contribution is 6.07. The number of nitrogens with one attached hydrogen (secondary N) is 2. The number of piperidine rings is 1. The van der Waals surface area contributed by atoms with E-state index >= 15 is 0 Å². The van der Waals surface area contributed by atoms with E-state index in [1.165, 1.54) is 6.20 Å². The van der Waals surface area contributed by atoms with Gasteiger partial charge in [0, 0.05) is 25.4 Å². The minimum absolute atomic E-state index is 0.137. The van der Waals surface area contributed by atoms with E-state index in [4.69, 9.17) is 4.74 Å². The Balaban J connectivity index is 1.59. The molecule has 0 unspecified atom stereocenters. The average Bonchev–Trinajstić information content (AvgIpc) is 2.87. The number of ether oxygens (including phenoxy) is 1. The van der Waals surface area contributed by atoms with E-state index in [9.17, 15) is 14.4 Å². The molecule has 1 aromatic heterocycles. The molecule has 3 rings (SSSR count). The number of amides is 4. The number of carbonyl (C=O) groups excluding carboxylic acids is 3. The fraction of sp³-hybridized carbons (Fsp3) is 0.529. The Labute approximate surface area is 145 Å². The van der Waals surface area contributed by atoms with Crippen LogP contribution in [0.3, 0.4) is 0 Å².